The summed E-state index contributed by atoms with van der Waals surface area (Å²) in [4.78, 5) is 8.82. The van der Waals surface area contributed by atoms with Gasteiger partial charge in [-0.3, -0.25) is 0 Å². The lowest BCUT2D eigenvalue weighted by Gasteiger charge is -2.19. The number of fused-ring (bicyclic) bond motifs is 1. The van der Waals surface area contributed by atoms with E-state index in [4.69, 9.17) is 4.74 Å². The number of halogens is 1. The molecular weight excluding hydrogens is 375 g/mol. The van der Waals surface area contributed by atoms with Gasteiger partial charge >= 0.3 is 6.01 Å². The van der Waals surface area contributed by atoms with Gasteiger partial charge in [-0.1, -0.05) is 32.0 Å². The summed E-state index contributed by atoms with van der Waals surface area (Å²) >= 11 is 0. The van der Waals surface area contributed by atoms with E-state index in [9.17, 15) is 4.39 Å². The van der Waals surface area contributed by atoms with Crippen molar-refractivity contribution >= 4 is 10.9 Å². The first-order valence-electron chi connectivity index (χ1n) is 10.7. The third-order valence-electron chi connectivity index (χ3n) is 5.38. The Morgan fingerprint density at radius 1 is 0.967 bits per heavy atom. The number of ether oxygens (including phenoxy) is 1. The summed E-state index contributed by atoms with van der Waals surface area (Å²) in [5, 5.41) is 1.11. The number of alkyl halides is 1. The first-order chi connectivity index (χ1) is 14.1. The molecule has 0 unspecified atom stereocenters. The Bertz CT molecular complexity index is 1010. The van der Waals surface area contributed by atoms with Gasteiger partial charge in [-0.15, -0.1) is 0 Å². The van der Waals surface area contributed by atoms with Crippen LogP contribution in [0.1, 0.15) is 67.6 Å². The lowest BCUT2D eigenvalue weighted by Crippen LogP contribution is -2.12. The van der Waals surface area contributed by atoms with Crippen LogP contribution in [0.25, 0.3) is 10.9 Å². The number of nitrogens with zero attached hydrogens (tertiary/aromatic N) is 2. The molecule has 3 nitrogen and oxygen atoms in total. The van der Waals surface area contributed by atoms with Crippen LogP contribution in [0.15, 0.2) is 30.3 Å². The molecule has 0 saturated heterocycles. The zero-order valence-corrected chi connectivity index (χ0v) is 19.7. The standard InChI is InChI=1S/C14H18N2O.C12H17F/c1-5-6-17-14-15-11(4)12-7-9(2)10(3)8-13(12)16-14;1-5-10-7-6-8-11(9(10)2)12(3,4)13/h7-8H,5-6H2,1-4H3;6-8H,5H2,1-4H3. The van der Waals surface area contributed by atoms with Crippen LogP contribution in [0, 0.1) is 27.7 Å². The van der Waals surface area contributed by atoms with Crippen molar-refractivity contribution in [3.05, 3.63) is 63.8 Å². The fourth-order valence-electron chi connectivity index (χ4n) is 3.48. The van der Waals surface area contributed by atoms with E-state index < -0.39 is 5.67 Å². The topological polar surface area (TPSA) is 35.0 Å². The lowest BCUT2D eigenvalue weighted by molar-refractivity contribution is 0.220. The van der Waals surface area contributed by atoms with Crippen molar-refractivity contribution in [1.82, 2.24) is 9.97 Å². The Labute approximate surface area is 180 Å². The SMILES string of the molecule is CCCOc1nc(C)c2cc(C)c(C)cc2n1.CCc1cccc(C(C)(C)F)c1C. The second-order valence-corrected chi connectivity index (χ2v) is 8.31. The summed E-state index contributed by atoms with van der Waals surface area (Å²) in [6.45, 7) is 16.2. The van der Waals surface area contributed by atoms with E-state index in [0.717, 1.165) is 40.6 Å². The first-order valence-corrected chi connectivity index (χ1v) is 10.7. The Balaban J connectivity index is 0.000000222. The molecule has 162 valence electrons. The number of aromatic nitrogens is 2. The molecule has 30 heavy (non-hydrogen) atoms. The van der Waals surface area contributed by atoms with Crippen LogP contribution in [-0.2, 0) is 12.1 Å². The summed E-state index contributed by atoms with van der Waals surface area (Å²) in [6, 6.07) is 10.6. The Morgan fingerprint density at radius 3 is 2.23 bits per heavy atom. The zero-order chi connectivity index (χ0) is 22.5. The fraction of sp³-hybridized carbons (Fsp3) is 0.462. The third-order valence-corrected chi connectivity index (χ3v) is 5.38. The molecule has 3 rings (SSSR count). The highest BCUT2D eigenvalue weighted by atomic mass is 19.1. The third kappa shape index (κ3) is 5.78. The monoisotopic (exact) mass is 410 g/mol. The second-order valence-electron chi connectivity index (χ2n) is 8.31. The molecule has 0 spiro atoms. The molecule has 0 aliphatic carbocycles. The van der Waals surface area contributed by atoms with Crippen molar-refractivity contribution in [3.63, 3.8) is 0 Å². The zero-order valence-electron chi connectivity index (χ0n) is 19.7. The van der Waals surface area contributed by atoms with Crippen molar-refractivity contribution in [2.45, 2.75) is 73.9 Å². The van der Waals surface area contributed by atoms with Crippen molar-refractivity contribution < 1.29 is 9.13 Å². The van der Waals surface area contributed by atoms with E-state index in [1.165, 1.54) is 16.7 Å². The molecule has 0 atom stereocenters. The van der Waals surface area contributed by atoms with Gasteiger partial charge in [0.05, 0.1) is 17.8 Å². The molecule has 0 saturated carbocycles. The van der Waals surface area contributed by atoms with Gasteiger partial charge in [-0.25, -0.2) is 4.39 Å². The molecule has 2 aromatic carbocycles. The van der Waals surface area contributed by atoms with Crippen molar-refractivity contribution in [3.8, 4) is 6.01 Å². The molecule has 0 amide bonds. The highest BCUT2D eigenvalue weighted by Crippen LogP contribution is 2.29. The molecule has 0 fully saturated rings. The molecule has 0 radical (unpaired) electrons. The maximum absolute atomic E-state index is 13.7. The molecule has 1 aromatic heterocycles. The molecule has 1 heterocycles. The van der Waals surface area contributed by atoms with Crippen molar-refractivity contribution in [2.24, 2.45) is 0 Å². The lowest BCUT2D eigenvalue weighted by atomic mass is 9.91. The average Bonchev–Trinajstić information content (AvgIpc) is 2.68. The van der Waals surface area contributed by atoms with Gasteiger partial charge in [-0.2, -0.15) is 9.97 Å². The highest BCUT2D eigenvalue weighted by Gasteiger charge is 2.21. The number of benzene rings is 2. The van der Waals surface area contributed by atoms with Crippen LogP contribution in [0.4, 0.5) is 4.39 Å². The summed E-state index contributed by atoms with van der Waals surface area (Å²) < 4.78 is 19.2. The van der Waals surface area contributed by atoms with E-state index in [0.29, 0.717) is 12.6 Å². The summed E-state index contributed by atoms with van der Waals surface area (Å²) in [5.41, 5.74) is 6.38. The minimum atomic E-state index is -1.23. The van der Waals surface area contributed by atoms with Gasteiger partial charge in [0.15, 0.2) is 0 Å². The number of rotatable bonds is 5. The molecule has 0 aliphatic rings. The molecular formula is C26H35FN2O. The van der Waals surface area contributed by atoms with Crippen LogP contribution in [0.3, 0.4) is 0 Å². The van der Waals surface area contributed by atoms with Gasteiger partial charge in [0.1, 0.15) is 5.67 Å². The molecule has 0 aliphatic heterocycles. The minimum absolute atomic E-state index is 0.486. The minimum Gasteiger partial charge on any atom is -0.463 e. The quantitative estimate of drug-likeness (QED) is 0.450. The predicted octanol–water partition coefficient (Wildman–Crippen LogP) is 7.11. The second kappa shape index (κ2) is 10.0. The first kappa shape index (κ1) is 23.8. The summed E-state index contributed by atoms with van der Waals surface area (Å²) in [7, 11) is 0. The summed E-state index contributed by atoms with van der Waals surface area (Å²) in [5.74, 6) is 0. The van der Waals surface area contributed by atoms with Crippen LogP contribution in [0.5, 0.6) is 6.01 Å². The largest absolute Gasteiger partial charge is 0.463 e. The summed E-state index contributed by atoms with van der Waals surface area (Å²) in [6.07, 6.45) is 1.93. The van der Waals surface area contributed by atoms with E-state index >= 15 is 0 Å². The van der Waals surface area contributed by atoms with E-state index in [2.05, 4.69) is 55.9 Å². The molecule has 3 aromatic rings. The molecule has 4 heteroatoms. The maximum Gasteiger partial charge on any atom is 0.317 e. The Kier molecular flexibility index (Phi) is 7.94. The van der Waals surface area contributed by atoms with Crippen LogP contribution in [0.2, 0.25) is 0 Å². The molecule has 0 bridgehead atoms. The van der Waals surface area contributed by atoms with Gasteiger partial charge in [0.25, 0.3) is 0 Å². The normalized spacial score (nSPS) is 11.2. The number of aryl methyl sites for hydroxylation is 4. The van der Waals surface area contributed by atoms with Crippen LogP contribution < -0.4 is 4.74 Å². The van der Waals surface area contributed by atoms with Crippen molar-refractivity contribution in [2.75, 3.05) is 6.61 Å². The van der Waals surface area contributed by atoms with Gasteiger partial charge in [-0.05, 0) is 94.3 Å². The van der Waals surface area contributed by atoms with Gasteiger partial charge in [0, 0.05) is 5.39 Å². The van der Waals surface area contributed by atoms with E-state index in [1.54, 1.807) is 13.8 Å². The van der Waals surface area contributed by atoms with Crippen LogP contribution in [-0.4, -0.2) is 16.6 Å². The van der Waals surface area contributed by atoms with E-state index in [-0.39, 0.29) is 0 Å². The van der Waals surface area contributed by atoms with E-state index in [1.807, 2.05) is 26.0 Å². The average molecular weight is 411 g/mol. The Hall–Kier alpha value is -2.49. The number of hydrogen-bond donors (Lipinski definition) is 0. The fourth-order valence-corrected chi connectivity index (χ4v) is 3.48. The smallest absolute Gasteiger partial charge is 0.317 e. The Morgan fingerprint density at radius 2 is 1.63 bits per heavy atom. The highest BCUT2D eigenvalue weighted by molar-refractivity contribution is 5.82. The predicted molar refractivity (Wildman–Crippen MR) is 124 cm³/mol. The number of hydrogen-bond acceptors (Lipinski definition) is 3. The van der Waals surface area contributed by atoms with Crippen molar-refractivity contribution in [1.29, 1.82) is 0 Å². The van der Waals surface area contributed by atoms with Gasteiger partial charge < -0.3 is 4.74 Å². The maximum atomic E-state index is 13.7. The molecule has 0 N–H and O–H groups in total. The van der Waals surface area contributed by atoms with Crippen LogP contribution >= 0.6 is 0 Å². The van der Waals surface area contributed by atoms with Gasteiger partial charge in [0.2, 0.25) is 0 Å².